The monoisotopic (exact) mass is 397 g/mol. The van der Waals surface area contributed by atoms with Gasteiger partial charge in [-0.05, 0) is 31.2 Å². The first-order valence-electron chi connectivity index (χ1n) is 8.92. The van der Waals surface area contributed by atoms with Gasteiger partial charge in [0.1, 0.15) is 0 Å². The molecule has 1 heterocycles. The molecular formula is C18H27N3O5S. The first-order valence-corrected chi connectivity index (χ1v) is 10.8. The third-order valence-corrected chi connectivity index (χ3v) is 5.70. The Labute approximate surface area is 160 Å². The van der Waals surface area contributed by atoms with Crippen LogP contribution in [0.5, 0.6) is 0 Å². The van der Waals surface area contributed by atoms with Crippen LogP contribution in [0.25, 0.3) is 0 Å². The summed E-state index contributed by atoms with van der Waals surface area (Å²) < 4.78 is 30.6. The number of morpholine rings is 1. The molecule has 1 aromatic carbocycles. The molecule has 1 aliphatic heterocycles. The van der Waals surface area contributed by atoms with Crippen molar-refractivity contribution in [1.82, 2.24) is 9.21 Å². The number of ketones is 1. The molecule has 0 radical (unpaired) electrons. The van der Waals surface area contributed by atoms with Crippen molar-refractivity contribution in [3.05, 3.63) is 29.8 Å². The zero-order chi connectivity index (χ0) is 19.9. The largest absolute Gasteiger partial charge is 0.379 e. The number of hydrogen-bond acceptors (Lipinski definition) is 6. The van der Waals surface area contributed by atoms with Gasteiger partial charge in [-0.1, -0.05) is 0 Å². The van der Waals surface area contributed by atoms with Crippen molar-refractivity contribution in [3.8, 4) is 0 Å². The molecule has 0 saturated carbocycles. The molecule has 0 spiro atoms. The molecule has 0 bridgehead atoms. The van der Waals surface area contributed by atoms with Crippen molar-refractivity contribution >= 4 is 27.4 Å². The number of Topliss-reactive ketones (excluding diaryl/α,β-unsaturated/α-hetero) is 1. The summed E-state index contributed by atoms with van der Waals surface area (Å²) in [6, 6.07) is 6.59. The smallest absolute Gasteiger partial charge is 0.225 e. The number of nitrogens with zero attached hydrogens (tertiary/aromatic N) is 2. The van der Waals surface area contributed by atoms with Crippen molar-refractivity contribution < 1.29 is 22.7 Å². The van der Waals surface area contributed by atoms with E-state index in [0.717, 1.165) is 19.3 Å². The van der Waals surface area contributed by atoms with E-state index < -0.39 is 10.0 Å². The summed E-state index contributed by atoms with van der Waals surface area (Å²) >= 11 is 0. The predicted molar refractivity (Wildman–Crippen MR) is 103 cm³/mol. The minimum absolute atomic E-state index is 0.0445. The lowest BCUT2D eigenvalue weighted by Gasteiger charge is -2.29. The Morgan fingerprint density at radius 2 is 1.78 bits per heavy atom. The minimum Gasteiger partial charge on any atom is -0.379 e. The lowest BCUT2D eigenvalue weighted by molar-refractivity contribution is -0.116. The number of ether oxygens (including phenoxy) is 1. The normalized spacial score (nSPS) is 15.7. The number of hydrogen-bond donors (Lipinski definition) is 1. The van der Waals surface area contributed by atoms with Gasteiger partial charge in [-0.15, -0.1) is 0 Å². The van der Waals surface area contributed by atoms with Crippen LogP contribution in [-0.4, -0.2) is 81.5 Å². The van der Waals surface area contributed by atoms with Gasteiger partial charge in [0.2, 0.25) is 15.9 Å². The van der Waals surface area contributed by atoms with E-state index in [4.69, 9.17) is 4.74 Å². The molecule has 1 saturated heterocycles. The Bertz CT molecular complexity index is 743. The second kappa shape index (κ2) is 9.93. The molecule has 1 aromatic rings. The molecule has 0 aromatic heterocycles. The van der Waals surface area contributed by atoms with Gasteiger partial charge in [-0.2, -0.15) is 0 Å². The average Bonchev–Trinajstić information content (AvgIpc) is 2.62. The molecule has 2 rings (SSSR count). The van der Waals surface area contributed by atoms with Crippen LogP contribution >= 0.6 is 0 Å². The van der Waals surface area contributed by atoms with Gasteiger partial charge in [0.25, 0.3) is 0 Å². The van der Waals surface area contributed by atoms with Crippen LogP contribution in [0.4, 0.5) is 5.69 Å². The van der Waals surface area contributed by atoms with E-state index in [9.17, 15) is 18.0 Å². The molecule has 1 fully saturated rings. The Morgan fingerprint density at radius 1 is 1.15 bits per heavy atom. The number of anilines is 1. The van der Waals surface area contributed by atoms with Crippen LogP contribution in [0.15, 0.2) is 24.3 Å². The Kier molecular flexibility index (Phi) is 7.91. The predicted octanol–water partition coefficient (Wildman–Crippen LogP) is 0.812. The van der Waals surface area contributed by atoms with E-state index in [2.05, 4.69) is 10.2 Å². The molecule has 1 amide bonds. The maximum absolute atomic E-state index is 12.1. The highest BCUT2D eigenvalue weighted by atomic mass is 32.2. The third kappa shape index (κ3) is 7.37. The minimum atomic E-state index is -3.39. The number of nitrogens with one attached hydrogen (secondary N) is 1. The van der Waals surface area contributed by atoms with Crippen LogP contribution in [0.3, 0.4) is 0 Å². The van der Waals surface area contributed by atoms with Crippen LogP contribution < -0.4 is 5.32 Å². The molecule has 0 unspecified atom stereocenters. The standard InChI is InChI=1S/C18H27N3O5S/c1-15(22)16-3-5-17(6-4-16)19-18(23)7-8-21(27(2,24)25)10-9-20-11-13-26-14-12-20/h3-6H,7-14H2,1-2H3,(H,19,23). The third-order valence-electron chi connectivity index (χ3n) is 4.40. The molecule has 0 aliphatic carbocycles. The van der Waals surface area contributed by atoms with Gasteiger partial charge < -0.3 is 10.1 Å². The van der Waals surface area contributed by atoms with E-state index in [1.165, 1.54) is 11.2 Å². The van der Waals surface area contributed by atoms with Gasteiger partial charge in [0, 0.05) is 50.4 Å². The molecular weight excluding hydrogens is 370 g/mol. The highest BCUT2D eigenvalue weighted by molar-refractivity contribution is 7.88. The van der Waals surface area contributed by atoms with Crippen LogP contribution in [0, 0.1) is 0 Å². The van der Waals surface area contributed by atoms with Crippen LogP contribution in [0.2, 0.25) is 0 Å². The topological polar surface area (TPSA) is 96.0 Å². The second-order valence-corrected chi connectivity index (χ2v) is 8.53. The number of benzene rings is 1. The quantitative estimate of drug-likeness (QED) is 0.620. The van der Waals surface area contributed by atoms with Gasteiger partial charge in [-0.3, -0.25) is 14.5 Å². The second-order valence-electron chi connectivity index (χ2n) is 6.55. The van der Waals surface area contributed by atoms with Crippen molar-refractivity contribution in [2.45, 2.75) is 13.3 Å². The fraction of sp³-hybridized carbons (Fsp3) is 0.556. The summed E-state index contributed by atoms with van der Waals surface area (Å²) in [6.07, 6.45) is 1.22. The van der Waals surface area contributed by atoms with Gasteiger partial charge in [0.15, 0.2) is 5.78 Å². The Hall–Kier alpha value is -1.81. The molecule has 9 heteroatoms. The first-order chi connectivity index (χ1) is 12.8. The van der Waals surface area contributed by atoms with E-state index in [1.807, 2.05) is 0 Å². The van der Waals surface area contributed by atoms with Crippen molar-refractivity contribution in [1.29, 1.82) is 0 Å². The first kappa shape index (κ1) is 21.5. The number of sulfonamides is 1. The number of amides is 1. The van der Waals surface area contributed by atoms with E-state index >= 15 is 0 Å². The number of carbonyl (C=O) groups is 2. The molecule has 1 N–H and O–H groups in total. The van der Waals surface area contributed by atoms with Gasteiger partial charge >= 0.3 is 0 Å². The fourth-order valence-corrected chi connectivity index (χ4v) is 3.60. The van der Waals surface area contributed by atoms with Crippen molar-refractivity contribution in [3.63, 3.8) is 0 Å². The zero-order valence-corrected chi connectivity index (χ0v) is 16.6. The zero-order valence-electron chi connectivity index (χ0n) is 15.8. The summed E-state index contributed by atoms with van der Waals surface area (Å²) in [5.41, 5.74) is 1.14. The maximum Gasteiger partial charge on any atom is 0.225 e. The SMILES string of the molecule is CC(=O)c1ccc(NC(=O)CCN(CCN2CCOCC2)S(C)(=O)=O)cc1. The van der Waals surface area contributed by atoms with Crippen molar-refractivity contribution in [2.75, 3.05) is 57.5 Å². The summed E-state index contributed by atoms with van der Waals surface area (Å²) in [5.74, 6) is -0.317. The summed E-state index contributed by atoms with van der Waals surface area (Å²) in [7, 11) is -3.39. The summed E-state index contributed by atoms with van der Waals surface area (Å²) in [5, 5.41) is 2.72. The van der Waals surface area contributed by atoms with E-state index in [-0.39, 0.29) is 24.7 Å². The Balaban J connectivity index is 1.84. The molecule has 1 aliphatic rings. The molecule has 150 valence electrons. The lowest BCUT2D eigenvalue weighted by atomic mass is 10.1. The van der Waals surface area contributed by atoms with E-state index in [1.54, 1.807) is 24.3 Å². The van der Waals surface area contributed by atoms with E-state index in [0.29, 0.717) is 37.6 Å². The molecule has 0 atom stereocenters. The highest BCUT2D eigenvalue weighted by Gasteiger charge is 2.20. The van der Waals surface area contributed by atoms with Crippen LogP contribution in [-0.2, 0) is 19.6 Å². The molecule has 27 heavy (non-hydrogen) atoms. The fourth-order valence-electron chi connectivity index (χ4n) is 2.76. The van der Waals surface area contributed by atoms with Gasteiger partial charge in [-0.25, -0.2) is 12.7 Å². The maximum atomic E-state index is 12.1. The summed E-state index contributed by atoms with van der Waals surface area (Å²) in [4.78, 5) is 25.6. The van der Waals surface area contributed by atoms with Crippen LogP contribution in [0.1, 0.15) is 23.7 Å². The van der Waals surface area contributed by atoms with Gasteiger partial charge in [0.05, 0.1) is 19.5 Å². The van der Waals surface area contributed by atoms with Crippen molar-refractivity contribution in [2.24, 2.45) is 0 Å². The lowest BCUT2D eigenvalue weighted by Crippen LogP contribution is -2.43. The Morgan fingerprint density at radius 3 is 2.33 bits per heavy atom. The number of rotatable bonds is 9. The molecule has 8 nitrogen and oxygen atoms in total. The average molecular weight is 397 g/mol. The number of carbonyl (C=O) groups excluding carboxylic acids is 2. The summed E-state index contributed by atoms with van der Waals surface area (Å²) in [6.45, 7) is 5.45. The highest BCUT2D eigenvalue weighted by Crippen LogP contribution is 2.11.